The number of benzene rings is 1. The second-order valence-electron chi connectivity index (χ2n) is 5.21. The number of hydrogen-bond acceptors (Lipinski definition) is 5. The van der Waals surface area contributed by atoms with Crippen molar-refractivity contribution in [3.8, 4) is 5.88 Å². The maximum Gasteiger partial charge on any atom is 0.257 e. The number of rotatable bonds is 3. The maximum atomic E-state index is 5.75. The van der Waals surface area contributed by atoms with Gasteiger partial charge in [0.1, 0.15) is 0 Å². The topological polar surface area (TPSA) is 64.3 Å². The second-order valence-corrected chi connectivity index (χ2v) is 5.21. The summed E-state index contributed by atoms with van der Waals surface area (Å²) in [5.74, 6) is 2.09. The Balaban J connectivity index is 1.94. The van der Waals surface area contributed by atoms with Gasteiger partial charge in [-0.3, -0.25) is 0 Å². The molecule has 2 N–H and O–H groups in total. The monoisotopic (exact) mass is 272 g/mol. The number of piperidine rings is 1. The van der Waals surface area contributed by atoms with Crippen molar-refractivity contribution >= 4 is 16.9 Å². The zero-order valence-electron chi connectivity index (χ0n) is 11.7. The van der Waals surface area contributed by atoms with Crippen LogP contribution in [-0.4, -0.2) is 36.7 Å². The zero-order valence-corrected chi connectivity index (χ0v) is 11.7. The molecule has 0 spiro atoms. The van der Waals surface area contributed by atoms with Crippen LogP contribution in [0.25, 0.3) is 11.0 Å². The van der Waals surface area contributed by atoms with E-state index in [4.69, 9.17) is 15.5 Å². The van der Waals surface area contributed by atoms with Crippen LogP contribution in [0.1, 0.15) is 12.8 Å². The molecule has 1 aromatic carbocycles. The Kier molecular flexibility index (Phi) is 3.69. The molecule has 1 aliphatic rings. The normalized spacial score (nSPS) is 16.6. The molecule has 3 rings (SSSR count). The first-order valence-electron chi connectivity index (χ1n) is 7.07. The Morgan fingerprint density at radius 2 is 1.85 bits per heavy atom. The lowest BCUT2D eigenvalue weighted by atomic mass is 9.97. The van der Waals surface area contributed by atoms with Gasteiger partial charge in [0.25, 0.3) is 5.88 Å². The molecule has 5 nitrogen and oxygen atoms in total. The van der Waals surface area contributed by atoms with Crippen molar-refractivity contribution in [3.05, 3.63) is 24.3 Å². The molecule has 1 saturated heterocycles. The lowest BCUT2D eigenvalue weighted by Gasteiger charge is -2.32. The lowest BCUT2D eigenvalue weighted by Crippen LogP contribution is -2.36. The van der Waals surface area contributed by atoms with Gasteiger partial charge in [0.05, 0.1) is 18.1 Å². The van der Waals surface area contributed by atoms with E-state index in [1.54, 1.807) is 7.11 Å². The Morgan fingerprint density at radius 3 is 2.45 bits per heavy atom. The van der Waals surface area contributed by atoms with Crippen molar-refractivity contribution in [3.63, 3.8) is 0 Å². The van der Waals surface area contributed by atoms with E-state index in [0.29, 0.717) is 11.8 Å². The van der Waals surface area contributed by atoms with Crippen LogP contribution in [0, 0.1) is 5.92 Å². The summed E-state index contributed by atoms with van der Waals surface area (Å²) in [5, 5.41) is 0. The van der Waals surface area contributed by atoms with Gasteiger partial charge >= 0.3 is 0 Å². The Morgan fingerprint density at radius 1 is 1.20 bits per heavy atom. The molecule has 0 radical (unpaired) electrons. The smallest absolute Gasteiger partial charge is 0.257 e. The Labute approximate surface area is 118 Å². The fourth-order valence-corrected chi connectivity index (χ4v) is 2.70. The maximum absolute atomic E-state index is 5.75. The van der Waals surface area contributed by atoms with Crippen LogP contribution < -0.4 is 15.4 Å². The quantitative estimate of drug-likeness (QED) is 0.923. The Bertz CT molecular complexity index is 593. The van der Waals surface area contributed by atoms with Crippen molar-refractivity contribution in [1.29, 1.82) is 0 Å². The lowest BCUT2D eigenvalue weighted by molar-refractivity contribution is 0.384. The fourth-order valence-electron chi connectivity index (χ4n) is 2.70. The van der Waals surface area contributed by atoms with E-state index in [0.717, 1.165) is 49.3 Å². The average molecular weight is 272 g/mol. The molecule has 0 bridgehead atoms. The van der Waals surface area contributed by atoms with E-state index in [9.17, 15) is 0 Å². The summed E-state index contributed by atoms with van der Waals surface area (Å²) in [4.78, 5) is 11.5. The fraction of sp³-hybridized carbons (Fsp3) is 0.467. The zero-order chi connectivity index (χ0) is 13.9. The van der Waals surface area contributed by atoms with Crippen LogP contribution in [0.3, 0.4) is 0 Å². The molecule has 0 aliphatic carbocycles. The van der Waals surface area contributed by atoms with E-state index < -0.39 is 0 Å². The first-order valence-corrected chi connectivity index (χ1v) is 7.07. The van der Waals surface area contributed by atoms with Crippen LogP contribution in [0.15, 0.2) is 24.3 Å². The van der Waals surface area contributed by atoms with Crippen LogP contribution in [0.5, 0.6) is 5.88 Å². The summed E-state index contributed by atoms with van der Waals surface area (Å²) in [6, 6.07) is 7.88. The molecule has 0 atom stereocenters. The number of methoxy groups -OCH3 is 1. The molecule has 5 heteroatoms. The predicted molar refractivity (Wildman–Crippen MR) is 80.1 cm³/mol. The molecule has 0 amide bonds. The molecular formula is C15H20N4O. The molecule has 0 unspecified atom stereocenters. The van der Waals surface area contributed by atoms with Gasteiger partial charge in [0.15, 0.2) is 5.82 Å². The molecule has 20 heavy (non-hydrogen) atoms. The molecule has 2 heterocycles. The largest absolute Gasteiger partial charge is 0.478 e. The van der Waals surface area contributed by atoms with E-state index in [2.05, 4.69) is 9.88 Å². The summed E-state index contributed by atoms with van der Waals surface area (Å²) in [6.45, 7) is 2.70. The van der Waals surface area contributed by atoms with E-state index in [1.165, 1.54) is 0 Å². The minimum absolute atomic E-state index is 0.606. The number of ether oxygens (including phenoxy) is 1. The molecular weight excluding hydrogens is 252 g/mol. The average Bonchev–Trinajstić information content (AvgIpc) is 2.53. The third-order valence-corrected chi connectivity index (χ3v) is 3.96. The molecule has 1 aliphatic heterocycles. The van der Waals surface area contributed by atoms with Crippen LogP contribution >= 0.6 is 0 Å². The van der Waals surface area contributed by atoms with Gasteiger partial charge < -0.3 is 15.4 Å². The Hall–Kier alpha value is -1.88. The van der Waals surface area contributed by atoms with Gasteiger partial charge in [-0.1, -0.05) is 12.1 Å². The third kappa shape index (κ3) is 2.41. The number of hydrogen-bond donors (Lipinski definition) is 1. The van der Waals surface area contributed by atoms with E-state index >= 15 is 0 Å². The van der Waals surface area contributed by atoms with Gasteiger partial charge in [0, 0.05) is 13.1 Å². The predicted octanol–water partition coefficient (Wildman–Crippen LogP) is 1.81. The number of aromatic nitrogens is 2. The number of fused-ring (bicyclic) bond motifs is 1. The molecule has 2 aromatic rings. The summed E-state index contributed by atoms with van der Waals surface area (Å²) in [7, 11) is 1.65. The van der Waals surface area contributed by atoms with Crippen LogP contribution in [-0.2, 0) is 0 Å². The molecule has 1 fully saturated rings. The first kappa shape index (κ1) is 13.1. The summed E-state index contributed by atoms with van der Waals surface area (Å²) in [6.07, 6.45) is 2.21. The van der Waals surface area contributed by atoms with Gasteiger partial charge in [-0.25, -0.2) is 9.97 Å². The van der Waals surface area contributed by atoms with E-state index in [1.807, 2.05) is 24.3 Å². The summed E-state index contributed by atoms with van der Waals surface area (Å²) < 4.78 is 5.42. The van der Waals surface area contributed by atoms with Crippen molar-refractivity contribution in [2.45, 2.75) is 12.8 Å². The third-order valence-electron chi connectivity index (χ3n) is 3.96. The van der Waals surface area contributed by atoms with Crippen molar-refractivity contribution in [2.75, 3.05) is 31.6 Å². The van der Waals surface area contributed by atoms with Gasteiger partial charge in [-0.05, 0) is 37.4 Å². The second kappa shape index (κ2) is 5.63. The van der Waals surface area contributed by atoms with Gasteiger partial charge in [0.2, 0.25) is 0 Å². The minimum atomic E-state index is 0.606. The minimum Gasteiger partial charge on any atom is -0.478 e. The number of nitrogens with two attached hydrogens (primary N) is 1. The summed E-state index contributed by atoms with van der Waals surface area (Å²) in [5.41, 5.74) is 7.52. The molecule has 1 aromatic heterocycles. The van der Waals surface area contributed by atoms with E-state index in [-0.39, 0.29) is 0 Å². The highest BCUT2D eigenvalue weighted by atomic mass is 16.5. The number of nitrogens with zero attached hydrogens (tertiary/aromatic N) is 3. The highest BCUT2D eigenvalue weighted by Crippen LogP contribution is 2.29. The van der Waals surface area contributed by atoms with Crippen molar-refractivity contribution < 1.29 is 4.74 Å². The van der Waals surface area contributed by atoms with Crippen LogP contribution in [0.4, 0.5) is 5.82 Å². The molecule has 0 saturated carbocycles. The highest BCUT2D eigenvalue weighted by molar-refractivity contribution is 5.77. The van der Waals surface area contributed by atoms with Crippen molar-refractivity contribution in [2.24, 2.45) is 11.7 Å². The van der Waals surface area contributed by atoms with Gasteiger partial charge in [-0.2, -0.15) is 0 Å². The number of para-hydroxylation sites is 2. The van der Waals surface area contributed by atoms with Gasteiger partial charge in [-0.15, -0.1) is 0 Å². The molecule has 106 valence electrons. The van der Waals surface area contributed by atoms with Crippen molar-refractivity contribution in [1.82, 2.24) is 9.97 Å². The SMILES string of the molecule is COc1nc2ccccc2nc1N1CCC(CN)CC1. The first-order chi connectivity index (χ1) is 9.81. The number of anilines is 1. The van der Waals surface area contributed by atoms with Crippen LogP contribution in [0.2, 0.25) is 0 Å². The highest BCUT2D eigenvalue weighted by Gasteiger charge is 2.22. The standard InChI is InChI=1S/C15H20N4O/c1-20-15-14(19-8-6-11(10-16)7-9-19)17-12-4-2-3-5-13(12)18-15/h2-5,11H,6-10,16H2,1H3. The summed E-state index contributed by atoms with van der Waals surface area (Å²) >= 11 is 0.